The molecule has 0 saturated carbocycles. The van der Waals surface area contributed by atoms with E-state index in [1.807, 2.05) is 6.07 Å². The molecule has 0 radical (unpaired) electrons. The van der Waals surface area contributed by atoms with E-state index in [1.54, 1.807) is 19.1 Å². The van der Waals surface area contributed by atoms with Crippen LogP contribution in [0.3, 0.4) is 0 Å². The Morgan fingerprint density at radius 2 is 2.33 bits per heavy atom. The highest BCUT2D eigenvalue weighted by Crippen LogP contribution is 2.38. The molecule has 80 valence electrons. The number of carbonyl (C=O) groups excluding carboxylic acids is 1. The summed E-state index contributed by atoms with van der Waals surface area (Å²) in [5, 5.41) is 9.43. The Morgan fingerprint density at radius 3 is 2.93 bits per heavy atom. The number of hydrogen-bond acceptors (Lipinski definition) is 3. The van der Waals surface area contributed by atoms with Crippen molar-refractivity contribution in [1.29, 1.82) is 0 Å². The zero-order valence-electron chi connectivity index (χ0n) is 9.03. The molecule has 1 aliphatic heterocycles. The Bertz CT molecular complexity index is 401. The Balaban J connectivity index is 2.47. The minimum absolute atomic E-state index is 0.0768. The van der Waals surface area contributed by atoms with E-state index < -0.39 is 0 Å². The molecule has 3 nitrogen and oxygen atoms in total. The highest BCUT2D eigenvalue weighted by atomic mass is 16.3. The number of hydrogen-bond donors (Lipinski definition) is 1. The maximum absolute atomic E-state index is 11.5. The highest BCUT2D eigenvalue weighted by Gasteiger charge is 2.30. The molecule has 0 amide bonds. The summed E-state index contributed by atoms with van der Waals surface area (Å²) in [6.07, 6.45) is 0. The van der Waals surface area contributed by atoms with Crippen LogP contribution in [-0.2, 0) is 4.79 Å². The third-order valence-corrected chi connectivity index (χ3v) is 3.00. The van der Waals surface area contributed by atoms with E-state index in [0.717, 1.165) is 24.3 Å². The van der Waals surface area contributed by atoms with Gasteiger partial charge in [-0.15, -0.1) is 0 Å². The molecule has 0 saturated heterocycles. The summed E-state index contributed by atoms with van der Waals surface area (Å²) in [5.41, 5.74) is 2.04. The van der Waals surface area contributed by atoms with Crippen LogP contribution >= 0.6 is 0 Å². The van der Waals surface area contributed by atoms with Gasteiger partial charge in [-0.1, -0.05) is 0 Å². The standard InChI is InChI=1S/C12H15NO2/c1-3-13-7-11(8(2)14)10-6-9(15)4-5-12(10)13/h4-6,11,15H,3,7H2,1-2H3. The van der Waals surface area contributed by atoms with Crippen molar-refractivity contribution in [2.75, 3.05) is 18.0 Å². The average Bonchev–Trinajstić information content (AvgIpc) is 2.55. The second-order valence-electron chi connectivity index (χ2n) is 3.94. The summed E-state index contributed by atoms with van der Waals surface area (Å²) >= 11 is 0. The number of fused-ring (bicyclic) bond motifs is 1. The first-order valence-corrected chi connectivity index (χ1v) is 5.21. The quantitative estimate of drug-likeness (QED) is 0.801. The van der Waals surface area contributed by atoms with Crippen LogP contribution in [0, 0.1) is 0 Å². The molecule has 1 aromatic carbocycles. The normalized spacial score (nSPS) is 19.1. The molecule has 3 heteroatoms. The lowest BCUT2D eigenvalue weighted by Crippen LogP contribution is -2.23. The summed E-state index contributed by atoms with van der Waals surface area (Å²) in [5.74, 6) is 0.322. The van der Waals surface area contributed by atoms with Crippen molar-refractivity contribution in [3.8, 4) is 5.75 Å². The topological polar surface area (TPSA) is 40.5 Å². The Morgan fingerprint density at radius 1 is 1.60 bits per heavy atom. The number of phenolic OH excluding ortho intramolecular Hbond substituents is 1. The second kappa shape index (κ2) is 3.57. The van der Waals surface area contributed by atoms with Crippen molar-refractivity contribution in [3.05, 3.63) is 23.8 Å². The van der Waals surface area contributed by atoms with E-state index in [-0.39, 0.29) is 17.5 Å². The van der Waals surface area contributed by atoms with E-state index in [9.17, 15) is 9.90 Å². The molecule has 1 N–H and O–H groups in total. The number of nitrogens with zero attached hydrogens (tertiary/aromatic N) is 1. The van der Waals surface area contributed by atoms with Crippen LogP contribution < -0.4 is 4.90 Å². The molecule has 1 atom stereocenters. The van der Waals surface area contributed by atoms with Gasteiger partial charge in [-0.3, -0.25) is 4.79 Å². The van der Waals surface area contributed by atoms with Gasteiger partial charge in [0.25, 0.3) is 0 Å². The molecule has 0 aliphatic carbocycles. The number of anilines is 1. The number of likely N-dealkylation sites (N-methyl/N-ethyl adjacent to an activating group) is 1. The number of carbonyl (C=O) groups is 1. The van der Waals surface area contributed by atoms with Gasteiger partial charge in [-0.25, -0.2) is 0 Å². The van der Waals surface area contributed by atoms with Crippen molar-refractivity contribution >= 4 is 11.5 Å². The molecule has 0 aromatic heterocycles. The molecular weight excluding hydrogens is 190 g/mol. The lowest BCUT2D eigenvalue weighted by Gasteiger charge is -2.16. The van der Waals surface area contributed by atoms with Crippen molar-refractivity contribution in [2.45, 2.75) is 19.8 Å². The Labute approximate surface area is 89.3 Å². The molecule has 0 spiro atoms. The number of aromatic hydroxyl groups is 1. The van der Waals surface area contributed by atoms with E-state index in [1.165, 1.54) is 0 Å². The number of phenols is 1. The third kappa shape index (κ3) is 1.58. The first-order chi connectivity index (χ1) is 7.13. The van der Waals surface area contributed by atoms with E-state index in [0.29, 0.717) is 0 Å². The molecule has 1 aromatic rings. The summed E-state index contributed by atoms with van der Waals surface area (Å²) < 4.78 is 0. The first kappa shape index (κ1) is 10.0. The molecule has 1 unspecified atom stereocenters. The van der Waals surface area contributed by atoms with E-state index in [4.69, 9.17) is 0 Å². The van der Waals surface area contributed by atoms with Gasteiger partial charge in [0.05, 0.1) is 5.92 Å². The number of benzene rings is 1. The smallest absolute Gasteiger partial charge is 0.139 e. The fourth-order valence-electron chi connectivity index (χ4n) is 2.17. The van der Waals surface area contributed by atoms with Crippen LogP contribution in [0.5, 0.6) is 5.75 Å². The predicted molar refractivity (Wildman–Crippen MR) is 59.4 cm³/mol. The SMILES string of the molecule is CCN1CC(C(C)=O)c2cc(O)ccc21. The van der Waals surface area contributed by atoms with E-state index in [2.05, 4.69) is 11.8 Å². The Kier molecular flexibility index (Phi) is 2.39. The maximum Gasteiger partial charge on any atom is 0.139 e. The van der Waals surface area contributed by atoms with Gasteiger partial charge in [0, 0.05) is 18.8 Å². The molecule has 1 heterocycles. The molecular formula is C12H15NO2. The van der Waals surface area contributed by atoms with Gasteiger partial charge in [-0.2, -0.15) is 0 Å². The molecule has 15 heavy (non-hydrogen) atoms. The van der Waals surface area contributed by atoms with Gasteiger partial charge in [0.1, 0.15) is 11.5 Å². The number of Topliss-reactive ketones (excluding diaryl/α,β-unsaturated/α-hetero) is 1. The van der Waals surface area contributed by atoms with Crippen LogP contribution in [-0.4, -0.2) is 24.0 Å². The summed E-state index contributed by atoms with van der Waals surface area (Å²) in [7, 11) is 0. The van der Waals surface area contributed by atoms with Gasteiger partial charge in [0.15, 0.2) is 0 Å². The van der Waals surface area contributed by atoms with Crippen LogP contribution in [0.15, 0.2) is 18.2 Å². The molecule has 2 rings (SSSR count). The van der Waals surface area contributed by atoms with Crippen LogP contribution in [0.2, 0.25) is 0 Å². The Hall–Kier alpha value is -1.51. The summed E-state index contributed by atoms with van der Waals surface area (Å²) in [6, 6.07) is 5.26. The van der Waals surface area contributed by atoms with Gasteiger partial charge >= 0.3 is 0 Å². The van der Waals surface area contributed by atoms with E-state index >= 15 is 0 Å². The molecule has 0 fully saturated rings. The van der Waals surface area contributed by atoms with Crippen molar-refractivity contribution in [2.24, 2.45) is 0 Å². The van der Waals surface area contributed by atoms with Gasteiger partial charge in [0.2, 0.25) is 0 Å². The van der Waals surface area contributed by atoms with Crippen molar-refractivity contribution in [3.63, 3.8) is 0 Å². The third-order valence-electron chi connectivity index (χ3n) is 3.00. The molecule has 1 aliphatic rings. The van der Waals surface area contributed by atoms with Crippen molar-refractivity contribution in [1.82, 2.24) is 0 Å². The predicted octanol–water partition coefficient (Wildman–Crippen LogP) is 1.90. The van der Waals surface area contributed by atoms with Gasteiger partial charge in [-0.05, 0) is 37.6 Å². The fraction of sp³-hybridized carbons (Fsp3) is 0.417. The zero-order chi connectivity index (χ0) is 11.0. The van der Waals surface area contributed by atoms with Gasteiger partial charge < -0.3 is 10.0 Å². The maximum atomic E-state index is 11.5. The minimum Gasteiger partial charge on any atom is -0.508 e. The van der Waals surface area contributed by atoms with Crippen LogP contribution in [0.4, 0.5) is 5.69 Å². The summed E-state index contributed by atoms with van der Waals surface area (Å²) in [4.78, 5) is 13.6. The minimum atomic E-state index is -0.0768. The lowest BCUT2D eigenvalue weighted by molar-refractivity contribution is -0.118. The van der Waals surface area contributed by atoms with Crippen molar-refractivity contribution < 1.29 is 9.90 Å². The van der Waals surface area contributed by atoms with Crippen LogP contribution in [0.25, 0.3) is 0 Å². The highest BCUT2D eigenvalue weighted by molar-refractivity contribution is 5.88. The second-order valence-corrected chi connectivity index (χ2v) is 3.94. The monoisotopic (exact) mass is 205 g/mol. The lowest BCUT2D eigenvalue weighted by atomic mass is 9.98. The number of rotatable bonds is 2. The fourth-order valence-corrected chi connectivity index (χ4v) is 2.17. The molecule has 0 bridgehead atoms. The van der Waals surface area contributed by atoms with Crippen LogP contribution in [0.1, 0.15) is 25.3 Å². The summed E-state index contributed by atoms with van der Waals surface area (Å²) in [6.45, 7) is 5.31. The zero-order valence-corrected chi connectivity index (χ0v) is 9.03. The number of ketones is 1. The first-order valence-electron chi connectivity index (χ1n) is 5.21. The average molecular weight is 205 g/mol. The largest absolute Gasteiger partial charge is 0.508 e.